The average molecular weight is 394 g/mol. The van der Waals surface area contributed by atoms with Gasteiger partial charge in [0.2, 0.25) is 0 Å². The Morgan fingerprint density at radius 1 is 1.19 bits per heavy atom. The second-order valence-electron chi connectivity index (χ2n) is 6.50. The summed E-state index contributed by atoms with van der Waals surface area (Å²) in [6.45, 7) is 8.09. The van der Waals surface area contributed by atoms with Crippen molar-refractivity contribution in [2.75, 3.05) is 72.0 Å². The third-order valence-corrected chi connectivity index (χ3v) is 5.98. The summed E-state index contributed by atoms with van der Waals surface area (Å²) in [6.07, 6.45) is 1.54. The van der Waals surface area contributed by atoms with Crippen LogP contribution in [0.2, 0.25) is 0 Å². The van der Waals surface area contributed by atoms with Gasteiger partial charge in [-0.25, -0.2) is 9.97 Å². The molecule has 0 spiro atoms. The number of ether oxygens (including phenoxy) is 2. The van der Waals surface area contributed by atoms with Crippen LogP contribution in [0.3, 0.4) is 0 Å². The number of hydrogen-bond donors (Lipinski definition) is 1. The molecule has 0 bridgehead atoms. The van der Waals surface area contributed by atoms with Crippen LogP contribution in [0.1, 0.15) is 15.2 Å². The van der Waals surface area contributed by atoms with Crippen molar-refractivity contribution in [2.24, 2.45) is 0 Å². The average Bonchev–Trinajstić information content (AvgIpc) is 3.04. The van der Waals surface area contributed by atoms with Crippen LogP contribution < -0.4 is 5.32 Å². The quantitative estimate of drug-likeness (QED) is 0.680. The molecule has 0 radical (unpaired) electrons. The lowest BCUT2D eigenvalue weighted by molar-refractivity contribution is 0.0598. The van der Waals surface area contributed by atoms with Gasteiger partial charge in [0.1, 0.15) is 17.0 Å². The molecule has 0 saturated carbocycles. The van der Waals surface area contributed by atoms with E-state index in [9.17, 15) is 4.79 Å². The number of aromatic nitrogens is 2. The van der Waals surface area contributed by atoms with Crippen LogP contribution in [0.4, 0.5) is 5.82 Å². The molecule has 8 nitrogen and oxygen atoms in total. The maximum Gasteiger partial charge on any atom is 0.264 e. The Morgan fingerprint density at radius 2 is 1.93 bits per heavy atom. The monoisotopic (exact) mass is 393 g/mol. The van der Waals surface area contributed by atoms with Crippen molar-refractivity contribution in [1.82, 2.24) is 19.8 Å². The highest BCUT2D eigenvalue weighted by atomic mass is 32.1. The molecule has 1 aliphatic heterocycles. The summed E-state index contributed by atoms with van der Waals surface area (Å²) in [6, 6.07) is 0. The first-order valence-electron chi connectivity index (χ1n) is 9.13. The molecular formula is C18H27N5O3S. The molecule has 2 aromatic rings. The van der Waals surface area contributed by atoms with Crippen LogP contribution in [-0.2, 0) is 9.47 Å². The van der Waals surface area contributed by atoms with Gasteiger partial charge in [-0.15, -0.1) is 11.3 Å². The molecule has 1 amide bonds. The number of thiophene rings is 1. The van der Waals surface area contributed by atoms with E-state index < -0.39 is 0 Å². The lowest BCUT2D eigenvalue weighted by atomic mass is 10.1. The third-order valence-electron chi connectivity index (χ3n) is 4.79. The van der Waals surface area contributed by atoms with E-state index in [4.69, 9.17) is 9.47 Å². The fourth-order valence-corrected chi connectivity index (χ4v) is 4.34. The van der Waals surface area contributed by atoms with Gasteiger partial charge in [0.15, 0.2) is 0 Å². The van der Waals surface area contributed by atoms with E-state index in [1.165, 1.54) is 17.7 Å². The van der Waals surface area contributed by atoms with Gasteiger partial charge in [-0.2, -0.15) is 0 Å². The zero-order valence-electron chi connectivity index (χ0n) is 16.2. The maximum absolute atomic E-state index is 13.1. The second-order valence-corrected chi connectivity index (χ2v) is 7.50. The number of nitrogens with one attached hydrogen (secondary N) is 1. The number of anilines is 1. The maximum atomic E-state index is 13.1. The van der Waals surface area contributed by atoms with Crippen molar-refractivity contribution in [3.8, 4) is 0 Å². The molecular weight excluding hydrogens is 366 g/mol. The number of aryl methyl sites for hydroxylation is 1. The van der Waals surface area contributed by atoms with E-state index >= 15 is 0 Å². The topological polar surface area (TPSA) is 79.8 Å². The molecule has 3 rings (SSSR count). The summed E-state index contributed by atoms with van der Waals surface area (Å²) in [4.78, 5) is 27.7. The SMILES string of the molecule is COCCNc1ncnc2sc(C(=O)N3CCN(CCOC)CC3)c(C)c12. The van der Waals surface area contributed by atoms with Crippen LogP contribution in [-0.4, -0.2) is 92.4 Å². The van der Waals surface area contributed by atoms with Gasteiger partial charge in [-0.05, 0) is 12.5 Å². The number of carbonyl (C=O) groups is 1. The van der Waals surface area contributed by atoms with E-state index in [1.54, 1.807) is 14.2 Å². The Labute approximate surface area is 163 Å². The fraction of sp³-hybridized carbons (Fsp3) is 0.611. The predicted octanol–water partition coefficient (Wildman–Crippen LogP) is 1.46. The van der Waals surface area contributed by atoms with Gasteiger partial charge >= 0.3 is 0 Å². The summed E-state index contributed by atoms with van der Waals surface area (Å²) in [5, 5.41) is 4.20. The molecule has 0 unspecified atom stereocenters. The number of piperazine rings is 1. The van der Waals surface area contributed by atoms with Crippen molar-refractivity contribution in [1.29, 1.82) is 0 Å². The Balaban J connectivity index is 1.74. The van der Waals surface area contributed by atoms with E-state index in [-0.39, 0.29) is 5.91 Å². The van der Waals surface area contributed by atoms with Crippen LogP contribution in [0.15, 0.2) is 6.33 Å². The van der Waals surface area contributed by atoms with Crippen LogP contribution in [0.5, 0.6) is 0 Å². The summed E-state index contributed by atoms with van der Waals surface area (Å²) < 4.78 is 10.2. The molecule has 1 fully saturated rings. The molecule has 1 saturated heterocycles. The minimum Gasteiger partial charge on any atom is -0.383 e. The standard InChI is InChI=1S/C18H27N5O3S/c1-13-14-16(19-4-10-25-2)20-12-21-17(14)27-15(13)18(24)23-7-5-22(6-8-23)9-11-26-3/h12H,4-11H2,1-3H3,(H,19,20,21). The smallest absolute Gasteiger partial charge is 0.264 e. The summed E-state index contributed by atoms with van der Waals surface area (Å²) in [5.41, 5.74) is 0.947. The van der Waals surface area contributed by atoms with Crippen molar-refractivity contribution in [3.05, 3.63) is 16.8 Å². The zero-order chi connectivity index (χ0) is 19.2. The number of nitrogens with zero attached hydrogens (tertiary/aromatic N) is 4. The second kappa shape index (κ2) is 9.41. The van der Waals surface area contributed by atoms with Gasteiger partial charge in [-0.3, -0.25) is 9.69 Å². The zero-order valence-corrected chi connectivity index (χ0v) is 17.0. The molecule has 0 aliphatic carbocycles. The fourth-order valence-electron chi connectivity index (χ4n) is 3.22. The highest BCUT2D eigenvalue weighted by Crippen LogP contribution is 2.34. The molecule has 27 heavy (non-hydrogen) atoms. The molecule has 0 aromatic carbocycles. The number of methoxy groups -OCH3 is 2. The van der Waals surface area contributed by atoms with Gasteiger partial charge in [-0.1, -0.05) is 0 Å². The van der Waals surface area contributed by atoms with E-state index in [0.29, 0.717) is 13.2 Å². The number of amides is 1. The van der Waals surface area contributed by atoms with Gasteiger partial charge < -0.3 is 19.7 Å². The first-order valence-corrected chi connectivity index (χ1v) is 9.94. The van der Waals surface area contributed by atoms with Crippen molar-refractivity contribution >= 4 is 33.3 Å². The van der Waals surface area contributed by atoms with Gasteiger partial charge in [0.25, 0.3) is 5.91 Å². The molecule has 1 aliphatic rings. The third kappa shape index (κ3) is 4.55. The number of rotatable bonds is 8. The van der Waals surface area contributed by atoms with Gasteiger partial charge in [0, 0.05) is 53.5 Å². The van der Waals surface area contributed by atoms with E-state index in [0.717, 1.165) is 65.8 Å². The molecule has 1 N–H and O–H groups in total. The minimum absolute atomic E-state index is 0.0877. The number of fused-ring (bicyclic) bond motifs is 1. The summed E-state index contributed by atoms with van der Waals surface area (Å²) in [7, 11) is 3.38. The normalized spacial score (nSPS) is 15.4. The first-order chi connectivity index (χ1) is 13.2. The van der Waals surface area contributed by atoms with E-state index in [2.05, 4.69) is 20.2 Å². The molecule has 9 heteroatoms. The van der Waals surface area contributed by atoms with Gasteiger partial charge in [0.05, 0.1) is 23.5 Å². The van der Waals surface area contributed by atoms with Crippen molar-refractivity contribution in [2.45, 2.75) is 6.92 Å². The van der Waals surface area contributed by atoms with Crippen LogP contribution >= 0.6 is 11.3 Å². The number of carbonyl (C=O) groups excluding carboxylic acids is 1. The Morgan fingerprint density at radius 3 is 2.63 bits per heavy atom. The summed E-state index contributed by atoms with van der Waals surface area (Å²) in [5.74, 6) is 0.846. The lowest BCUT2D eigenvalue weighted by Crippen LogP contribution is -2.49. The van der Waals surface area contributed by atoms with Crippen molar-refractivity contribution in [3.63, 3.8) is 0 Å². The molecule has 0 atom stereocenters. The Bertz CT molecular complexity index is 774. The Hall–Kier alpha value is -1.81. The van der Waals surface area contributed by atoms with Crippen LogP contribution in [0, 0.1) is 6.92 Å². The van der Waals surface area contributed by atoms with Crippen molar-refractivity contribution < 1.29 is 14.3 Å². The largest absolute Gasteiger partial charge is 0.383 e. The Kier molecular flexibility index (Phi) is 6.95. The number of hydrogen-bond acceptors (Lipinski definition) is 8. The lowest BCUT2D eigenvalue weighted by Gasteiger charge is -2.34. The highest BCUT2D eigenvalue weighted by molar-refractivity contribution is 7.20. The first kappa shape index (κ1) is 19.9. The highest BCUT2D eigenvalue weighted by Gasteiger charge is 2.26. The predicted molar refractivity (Wildman–Crippen MR) is 107 cm³/mol. The molecule has 2 aromatic heterocycles. The minimum atomic E-state index is 0.0877. The molecule has 3 heterocycles. The van der Waals surface area contributed by atoms with E-state index in [1.807, 2.05) is 11.8 Å². The van der Waals surface area contributed by atoms with Crippen LogP contribution in [0.25, 0.3) is 10.2 Å². The summed E-state index contributed by atoms with van der Waals surface area (Å²) >= 11 is 1.45. The molecule has 148 valence electrons.